The smallest absolute Gasteiger partial charge is 0.269 e. The van der Waals surface area contributed by atoms with Gasteiger partial charge in [-0.1, -0.05) is 19.8 Å². The number of hydrogen-bond donors (Lipinski definition) is 1. The Bertz CT molecular complexity index is 223. The van der Waals surface area contributed by atoms with Gasteiger partial charge in [-0.25, -0.2) is 13.2 Å². The van der Waals surface area contributed by atoms with Crippen molar-refractivity contribution in [2.75, 3.05) is 6.61 Å². The second-order valence-electron chi connectivity index (χ2n) is 4.73. The van der Waals surface area contributed by atoms with Gasteiger partial charge in [-0.2, -0.15) is 0 Å². The van der Waals surface area contributed by atoms with Crippen molar-refractivity contribution in [2.45, 2.75) is 63.0 Å². The topological polar surface area (TPSA) is 29.5 Å². The number of aliphatic hydroxyl groups is 1. The van der Waals surface area contributed by atoms with Crippen molar-refractivity contribution in [3.8, 4) is 0 Å². The fourth-order valence-electron chi connectivity index (χ4n) is 2.39. The van der Waals surface area contributed by atoms with E-state index >= 15 is 0 Å². The molecular formula is C11H21F3O2Si. The summed E-state index contributed by atoms with van der Waals surface area (Å²) in [4.78, 5) is 0. The third-order valence-corrected chi connectivity index (χ3v) is 7.93. The highest BCUT2D eigenvalue weighted by Gasteiger charge is 2.46. The van der Waals surface area contributed by atoms with Crippen LogP contribution in [-0.2, 0) is 4.43 Å². The average Bonchev–Trinajstić information content (AvgIpc) is 2.30. The molecule has 1 N–H and O–H groups in total. The Balaban J connectivity index is 2.70. The Hall–Kier alpha value is -0.0731. The van der Waals surface area contributed by atoms with Crippen LogP contribution in [0.15, 0.2) is 0 Å². The molecule has 3 atom stereocenters. The van der Waals surface area contributed by atoms with Crippen LogP contribution in [0.3, 0.4) is 0 Å². The standard InChI is InChI=1S/C11H21F3O2Si/c1-2-5-10(15)17(7-4-3-6-16-17)8-9(12)11(13)14/h9-11,15H,2-8H2,1H3. The highest BCUT2D eigenvalue weighted by Crippen LogP contribution is 2.33. The van der Waals surface area contributed by atoms with Crippen molar-refractivity contribution in [1.29, 1.82) is 0 Å². The average molecular weight is 270 g/mol. The Morgan fingerprint density at radius 2 is 2.00 bits per heavy atom. The van der Waals surface area contributed by atoms with Gasteiger partial charge in [0.25, 0.3) is 6.43 Å². The molecule has 0 bridgehead atoms. The van der Waals surface area contributed by atoms with Gasteiger partial charge >= 0.3 is 0 Å². The van der Waals surface area contributed by atoms with E-state index < -0.39 is 26.6 Å². The zero-order chi connectivity index (χ0) is 12.9. The Morgan fingerprint density at radius 3 is 2.47 bits per heavy atom. The van der Waals surface area contributed by atoms with E-state index in [9.17, 15) is 18.3 Å². The molecule has 102 valence electrons. The van der Waals surface area contributed by atoms with Crippen molar-refractivity contribution in [3.63, 3.8) is 0 Å². The lowest BCUT2D eigenvalue weighted by atomic mass is 10.3. The molecular weight excluding hydrogens is 249 g/mol. The van der Waals surface area contributed by atoms with E-state index in [-0.39, 0.29) is 6.04 Å². The van der Waals surface area contributed by atoms with Gasteiger partial charge in [-0.15, -0.1) is 0 Å². The van der Waals surface area contributed by atoms with Crippen LogP contribution in [0.5, 0.6) is 0 Å². The Labute approximate surface area is 101 Å². The first kappa shape index (κ1) is 15.0. The lowest BCUT2D eigenvalue weighted by molar-refractivity contribution is 0.0530. The van der Waals surface area contributed by atoms with Crippen LogP contribution >= 0.6 is 0 Å². The number of hydrogen-bond acceptors (Lipinski definition) is 2. The minimum absolute atomic E-state index is 0.272. The van der Waals surface area contributed by atoms with E-state index in [1.807, 2.05) is 6.92 Å². The van der Waals surface area contributed by atoms with Crippen LogP contribution < -0.4 is 0 Å². The summed E-state index contributed by atoms with van der Waals surface area (Å²) < 4.78 is 43.5. The summed E-state index contributed by atoms with van der Waals surface area (Å²) in [5, 5.41) is 10.1. The van der Waals surface area contributed by atoms with Crippen LogP contribution in [0.4, 0.5) is 13.2 Å². The molecule has 0 saturated carbocycles. The number of alkyl halides is 3. The highest BCUT2D eigenvalue weighted by molar-refractivity contribution is 6.75. The summed E-state index contributed by atoms with van der Waals surface area (Å²) in [6.45, 7) is 2.39. The van der Waals surface area contributed by atoms with Gasteiger partial charge in [0.05, 0.1) is 5.73 Å². The van der Waals surface area contributed by atoms with Crippen LogP contribution in [0.1, 0.15) is 32.6 Å². The molecule has 1 fully saturated rings. The predicted molar refractivity (Wildman–Crippen MR) is 62.4 cm³/mol. The van der Waals surface area contributed by atoms with Crippen LogP contribution in [0.2, 0.25) is 12.1 Å². The number of aliphatic hydroxyl groups excluding tert-OH is 1. The van der Waals surface area contributed by atoms with E-state index in [1.165, 1.54) is 0 Å². The fraction of sp³-hybridized carbons (Fsp3) is 1.00. The summed E-state index contributed by atoms with van der Waals surface area (Å²) in [5.74, 6) is 0. The second kappa shape index (κ2) is 6.75. The molecule has 0 aromatic carbocycles. The first-order valence-electron chi connectivity index (χ1n) is 6.26. The monoisotopic (exact) mass is 270 g/mol. The molecule has 0 aromatic rings. The maximum Gasteiger partial charge on any atom is 0.269 e. The van der Waals surface area contributed by atoms with Gasteiger partial charge in [-0.3, -0.25) is 0 Å². The van der Waals surface area contributed by atoms with Crippen LogP contribution in [0, 0.1) is 0 Å². The lowest BCUT2D eigenvalue weighted by Gasteiger charge is -2.39. The largest absolute Gasteiger partial charge is 0.414 e. The first-order valence-corrected chi connectivity index (χ1v) is 8.66. The van der Waals surface area contributed by atoms with Gasteiger partial charge in [0.2, 0.25) is 8.32 Å². The first-order chi connectivity index (χ1) is 8.02. The van der Waals surface area contributed by atoms with Crippen LogP contribution in [-0.4, -0.2) is 38.4 Å². The van der Waals surface area contributed by atoms with E-state index in [1.54, 1.807) is 0 Å². The third-order valence-electron chi connectivity index (χ3n) is 3.37. The van der Waals surface area contributed by atoms with Crippen molar-refractivity contribution < 1.29 is 22.7 Å². The summed E-state index contributed by atoms with van der Waals surface area (Å²) >= 11 is 0. The minimum atomic E-state index is -2.97. The van der Waals surface area contributed by atoms with Gasteiger partial charge in [0.15, 0.2) is 6.17 Å². The zero-order valence-electron chi connectivity index (χ0n) is 10.2. The Kier molecular flexibility index (Phi) is 5.95. The maximum absolute atomic E-state index is 13.2. The molecule has 0 radical (unpaired) electrons. The van der Waals surface area contributed by atoms with Crippen molar-refractivity contribution >= 4 is 8.32 Å². The van der Waals surface area contributed by atoms with Gasteiger partial charge < -0.3 is 9.53 Å². The second-order valence-corrected chi connectivity index (χ2v) is 8.72. The van der Waals surface area contributed by atoms with Gasteiger partial charge in [0, 0.05) is 12.7 Å². The molecule has 1 aliphatic heterocycles. The molecule has 2 nitrogen and oxygen atoms in total. The quantitative estimate of drug-likeness (QED) is 0.752. The van der Waals surface area contributed by atoms with E-state index in [2.05, 4.69) is 0 Å². The summed E-state index contributed by atoms with van der Waals surface area (Å²) in [6.07, 6.45) is -2.14. The van der Waals surface area contributed by atoms with Crippen molar-refractivity contribution in [2.24, 2.45) is 0 Å². The highest BCUT2D eigenvalue weighted by atomic mass is 28.4. The van der Waals surface area contributed by atoms with E-state index in [0.717, 1.165) is 19.3 Å². The Morgan fingerprint density at radius 1 is 1.29 bits per heavy atom. The molecule has 6 heteroatoms. The number of rotatable bonds is 6. The SMILES string of the molecule is CCCC(O)[Si]1(CC(F)C(F)F)CCCCO1. The summed E-state index contributed by atoms with van der Waals surface area (Å²) in [7, 11) is -2.73. The van der Waals surface area contributed by atoms with Gasteiger partial charge in [0.1, 0.15) is 0 Å². The molecule has 0 aromatic heterocycles. The maximum atomic E-state index is 13.2. The van der Waals surface area contributed by atoms with Crippen molar-refractivity contribution in [3.05, 3.63) is 0 Å². The number of halogens is 3. The molecule has 0 amide bonds. The van der Waals surface area contributed by atoms with E-state index in [0.29, 0.717) is 19.1 Å². The fourth-order valence-corrected chi connectivity index (χ4v) is 6.71. The van der Waals surface area contributed by atoms with Crippen molar-refractivity contribution in [1.82, 2.24) is 0 Å². The predicted octanol–water partition coefficient (Wildman–Crippen LogP) is 3.05. The summed E-state index contributed by atoms with van der Waals surface area (Å²) in [6, 6.07) is 0.327. The minimum Gasteiger partial charge on any atom is -0.414 e. The molecule has 0 aliphatic carbocycles. The lowest BCUT2D eigenvalue weighted by Crippen LogP contribution is -2.54. The zero-order valence-corrected chi connectivity index (χ0v) is 11.2. The van der Waals surface area contributed by atoms with Gasteiger partial charge in [-0.05, 0) is 18.9 Å². The third kappa shape index (κ3) is 3.96. The molecule has 1 aliphatic rings. The molecule has 0 spiro atoms. The molecule has 1 rings (SSSR count). The normalized spacial score (nSPS) is 29.3. The molecule has 1 saturated heterocycles. The molecule has 17 heavy (non-hydrogen) atoms. The van der Waals surface area contributed by atoms with Crippen LogP contribution in [0.25, 0.3) is 0 Å². The van der Waals surface area contributed by atoms with E-state index in [4.69, 9.17) is 4.43 Å². The summed E-state index contributed by atoms with van der Waals surface area (Å²) in [5.41, 5.74) is -0.718. The molecule has 1 heterocycles. The molecule has 3 unspecified atom stereocenters.